The standard InChI is InChI=1S/C17H19FN2O3.ClH/c18-15-8-12(5-6-16(15)23-13-3-1-2-4-13)20-17(21)11-7-14(9-19)22-10-11;/h5-8,10,13H,1-4,9,19H2,(H,20,21);1H. The summed E-state index contributed by atoms with van der Waals surface area (Å²) in [6.45, 7) is 0.217. The Morgan fingerprint density at radius 1 is 1.33 bits per heavy atom. The molecule has 1 aliphatic carbocycles. The number of hydrogen-bond donors (Lipinski definition) is 2. The van der Waals surface area contributed by atoms with Gasteiger partial charge in [0.2, 0.25) is 0 Å². The number of ether oxygens (including phenoxy) is 1. The van der Waals surface area contributed by atoms with Crippen molar-refractivity contribution in [3.63, 3.8) is 0 Å². The summed E-state index contributed by atoms with van der Waals surface area (Å²) >= 11 is 0. The summed E-state index contributed by atoms with van der Waals surface area (Å²) in [5, 5.41) is 2.62. The Morgan fingerprint density at radius 2 is 2.08 bits per heavy atom. The molecule has 1 heterocycles. The third kappa shape index (κ3) is 4.27. The summed E-state index contributed by atoms with van der Waals surface area (Å²) in [7, 11) is 0. The minimum absolute atomic E-state index is 0. The molecule has 2 aromatic rings. The van der Waals surface area contributed by atoms with Crippen molar-refractivity contribution in [2.45, 2.75) is 38.3 Å². The summed E-state index contributed by atoms with van der Waals surface area (Å²) in [4.78, 5) is 12.1. The Labute approximate surface area is 145 Å². The van der Waals surface area contributed by atoms with Crippen LogP contribution in [-0.2, 0) is 6.54 Å². The highest BCUT2D eigenvalue weighted by molar-refractivity contribution is 6.04. The lowest BCUT2D eigenvalue weighted by Gasteiger charge is -2.14. The van der Waals surface area contributed by atoms with E-state index < -0.39 is 5.82 Å². The highest BCUT2D eigenvalue weighted by atomic mass is 35.5. The van der Waals surface area contributed by atoms with Crippen molar-refractivity contribution in [2.75, 3.05) is 5.32 Å². The molecule has 3 N–H and O–H groups in total. The molecule has 1 aromatic carbocycles. The molecule has 130 valence electrons. The van der Waals surface area contributed by atoms with Crippen LogP contribution in [0.4, 0.5) is 10.1 Å². The molecule has 3 rings (SSSR count). The summed E-state index contributed by atoms with van der Waals surface area (Å²) in [5.74, 6) is -0.118. The fourth-order valence-corrected chi connectivity index (χ4v) is 2.67. The molecule has 1 aromatic heterocycles. The minimum Gasteiger partial charge on any atom is -0.487 e. The van der Waals surface area contributed by atoms with E-state index in [0.29, 0.717) is 17.0 Å². The fourth-order valence-electron chi connectivity index (χ4n) is 2.67. The molecule has 0 spiro atoms. The number of carbonyl (C=O) groups excluding carboxylic acids is 1. The summed E-state index contributed by atoms with van der Waals surface area (Å²) in [6, 6.07) is 5.98. The molecule has 5 nitrogen and oxygen atoms in total. The van der Waals surface area contributed by atoms with E-state index in [1.54, 1.807) is 18.2 Å². The first-order valence-corrected chi connectivity index (χ1v) is 7.71. The number of anilines is 1. The molecule has 0 radical (unpaired) electrons. The highest BCUT2D eigenvalue weighted by Crippen LogP contribution is 2.27. The van der Waals surface area contributed by atoms with Crippen LogP contribution in [-0.4, -0.2) is 12.0 Å². The monoisotopic (exact) mass is 354 g/mol. The maximum atomic E-state index is 14.1. The maximum absolute atomic E-state index is 14.1. The normalized spacial score (nSPS) is 14.2. The van der Waals surface area contributed by atoms with Gasteiger partial charge in [-0.05, 0) is 43.9 Å². The number of nitrogens with two attached hydrogens (primary N) is 1. The lowest BCUT2D eigenvalue weighted by molar-refractivity contribution is 0.102. The lowest BCUT2D eigenvalue weighted by Crippen LogP contribution is -2.13. The van der Waals surface area contributed by atoms with E-state index in [4.69, 9.17) is 14.9 Å². The van der Waals surface area contributed by atoms with Crippen LogP contribution >= 0.6 is 12.4 Å². The second kappa shape index (κ2) is 8.17. The first kappa shape index (κ1) is 18.3. The zero-order valence-corrected chi connectivity index (χ0v) is 13.9. The van der Waals surface area contributed by atoms with Crippen LogP contribution in [0.25, 0.3) is 0 Å². The van der Waals surface area contributed by atoms with Gasteiger partial charge in [-0.15, -0.1) is 12.4 Å². The number of amides is 1. The zero-order chi connectivity index (χ0) is 16.2. The molecule has 1 aliphatic rings. The molecular weight excluding hydrogens is 335 g/mol. The van der Waals surface area contributed by atoms with Crippen molar-refractivity contribution in [3.05, 3.63) is 47.7 Å². The van der Waals surface area contributed by atoms with Gasteiger partial charge in [-0.25, -0.2) is 4.39 Å². The second-order valence-electron chi connectivity index (χ2n) is 5.63. The van der Waals surface area contributed by atoms with Crippen molar-refractivity contribution in [2.24, 2.45) is 5.73 Å². The molecule has 0 unspecified atom stereocenters. The number of furan rings is 1. The Hall–Kier alpha value is -2.05. The van der Waals surface area contributed by atoms with E-state index >= 15 is 0 Å². The quantitative estimate of drug-likeness (QED) is 0.854. The van der Waals surface area contributed by atoms with Crippen molar-refractivity contribution >= 4 is 24.0 Å². The Morgan fingerprint density at radius 3 is 2.71 bits per heavy atom. The van der Waals surface area contributed by atoms with E-state index in [1.165, 1.54) is 12.3 Å². The highest BCUT2D eigenvalue weighted by Gasteiger charge is 2.18. The van der Waals surface area contributed by atoms with Crippen LogP contribution < -0.4 is 15.8 Å². The van der Waals surface area contributed by atoms with Gasteiger partial charge in [-0.1, -0.05) is 0 Å². The van der Waals surface area contributed by atoms with E-state index in [2.05, 4.69) is 5.32 Å². The number of carbonyl (C=O) groups is 1. The minimum atomic E-state index is -0.482. The molecule has 0 bridgehead atoms. The molecule has 0 atom stereocenters. The zero-order valence-electron chi connectivity index (χ0n) is 13.1. The molecular formula is C17H20ClFN2O3. The van der Waals surface area contributed by atoms with Gasteiger partial charge in [-0.2, -0.15) is 0 Å². The van der Waals surface area contributed by atoms with Crippen molar-refractivity contribution in [1.82, 2.24) is 0 Å². The van der Waals surface area contributed by atoms with E-state index in [-0.39, 0.29) is 36.7 Å². The third-order valence-corrected chi connectivity index (χ3v) is 3.90. The van der Waals surface area contributed by atoms with Gasteiger partial charge in [0, 0.05) is 11.8 Å². The first-order chi connectivity index (χ1) is 11.2. The first-order valence-electron chi connectivity index (χ1n) is 7.71. The van der Waals surface area contributed by atoms with Crippen molar-refractivity contribution in [1.29, 1.82) is 0 Å². The van der Waals surface area contributed by atoms with Gasteiger partial charge >= 0.3 is 0 Å². The lowest BCUT2D eigenvalue weighted by atomic mass is 10.2. The summed E-state index contributed by atoms with van der Waals surface area (Å²) < 4.78 is 24.9. The van der Waals surface area contributed by atoms with Crippen molar-refractivity contribution < 1.29 is 18.3 Å². The van der Waals surface area contributed by atoms with Gasteiger partial charge < -0.3 is 20.2 Å². The van der Waals surface area contributed by atoms with Gasteiger partial charge in [0.25, 0.3) is 5.91 Å². The topological polar surface area (TPSA) is 77.5 Å². The maximum Gasteiger partial charge on any atom is 0.258 e. The molecule has 0 saturated heterocycles. The Balaban J connectivity index is 0.00000208. The average Bonchev–Trinajstić information content (AvgIpc) is 3.21. The predicted octanol–water partition coefficient (Wildman–Crippen LogP) is 3.87. The smallest absolute Gasteiger partial charge is 0.258 e. The van der Waals surface area contributed by atoms with Crippen LogP contribution in [0.5, 0.6) is 5.75 Å². The molecule has 7 heteroatoms. The van der Waals surface area contributed by atoms with Crippen molar-refractivity contribution in [3.8, 4) is 5.75 Å². The third-order valence-electron chi connectivity index (χ3n) is 3.90. The van der Waals surface area contributed by atoms with Crippen LogP contribution in [0, 0.1) is 5.82 Å². The largest absolute Gasteiger partial charge is 0.487 e. The second-order valence-corrected chi connectivity index (χ2v) is 5.63. The van der Waals surface area contributed by atoms with Gasteiger partial charge in [0.1, 0.15) is 12.0 Å². The van der Waals surface area contributed by atoms with Gasteiger partial charge in [0.15, 0.2) is 11.6 Å². The number of halogens is 2. The van der Waals surface area contributed by atoms with Crippen LogP contribution in [0.15, 0.2) is 34.9 Å². The molecule has 1 amide bonds. The van der Waals surface area contributed by atoms with Crippen LogP contribution in [0.3, 0.4) is 0 Å². The number of nitrogens with one attached hydrogen (secondary N) is 1. The predicted molar refractivity (Wildman–Crippen MR) is 91.1 cm³/mol. The van der Waals surface area contributed by atoms with Crippen LogP contribution in [0.2, 0.25) is 0 Å². The number of benzene rings is 1. The fraction of sp³-hybridized carbons (Fsp3) is 0.353. The average molecular weight is 355 g/mol. The Kier molecular flexibility index (Phi) is 6.23. The van der Waals surface area contributed by atoms with Gasteiger partial charge in [-0.3, -0.25) is 4.79 Å². The SMILES string of the molecule is Cl.NCc1cc(C(=O)Nc2ccc(OC3CCCC3)c(F)c2)co1. The molecule has 1 saturated carbocycles. The molecule has 1 fully saturated rings. The Bertz CT molecular complexity index is 699. The van der Waals surface area contributed by atoms with E-state index in [9.17, 15) is 9.18 Å². The number of hydrogen-bond acceptors (Lipinski definition) is 4. The number of rotatable bonds is 5. The van der Waals surface area contributed by atoms with E-state index in [1.807, 2.05) is 0 Å². The summed E-state index contributed by atoms with van der Waals surface area (Å²) in [5.41, 5.74) is 6.14. The van der Waals surface area contributed by atoms with E-state index in [0.717, 1.165) is 25.7 Å². The van der Waals surface area contributed by atoms with Gasteiger partial charge in [0.05, 0.1) is 18.2 Å². The molecule has 24 heavy (non-hydrogen) atoms. The van der Waals surface area contributed by atoms with Crippen LogP contribution in [0.1, 0.15) is 41.8 Å². The molecule has 0 aliphatic heterocycles. The summed E-state index contributed by atoms with van der Waals surface area (Å²) in [6.07, 6.45) is 5.58.